The van der Waals surface area contributed by atoms with Crippen LogP contribution in [0.2, 0.25) is 0 Å². The summed E-state index contributed by atoms with van der Waals surface area (Å²) in [7, 11) is 0. The van der Waals surface area contributed by atoms with Crippen molar-refractivity contribution in [3.8, 4) is 11.4 Å². The lowest BCUT2D eigenvalue weighted by atomic mass is 10.00. The third kappa shape index (κ3) is 4.44. The summed E-state index contributed by atoms with van der Waals surface area (Å²) in [5, 5.41) is 20.3. The van der Waals surface area contributed by atoms with E-state index < -0.39 is 0 Å². The Labute approximate surface area is 200 Å². The van der Waals surface area contributed by atoms with Crippen molar-refractivity contribution in [1.29, 1.82) is 0 Å². The first-order valence-electron chi connectivity index (χ1n) is 11.8. The molecule has 180 valence electrons. The second-order valence-corrected chi connectivity index (χ2v) is 8.81. The SMILES string of the molecule is O=C(CNc1ccc2nnc(-c3cccnc3)n2n1)N1CCC(c2nc(C3CCOCC3)no2)C1. The zero-order chi connectivity index (χ0) is 23.6. The van der Waals surface area contributed by atoms with Crippen molar-refractivity contribution in [2.24, 2.45) is 0 Å². The molecule has 35 heavy (non-hydrogen) atoms. The van der Waals surface area contributed by atoms with Gasteiger partial charge in [-0.25, -0.2) is 0 Å². The molecule has 2 fully saturated rings. The molecule has 1 amide bonds. The van der Waals surface area contributed by atoms with Crippen LogP contribution >= 0.6 is 0 Å². The van der Waals surface area contributed by atoms with Crippen LogP contribution < -0.4 is 5.32 Å². The van der Waals surface area contributed by atoms with E-state index in [1.54, 1.807) is 23.0 Å². The lowest BCUT2D eigenvalue weighted by Gasteiger charge is -2.18. The fourth-order valence-electron chi connectivity index (χ4n) is 4.56. The summed E-state index contributed by atoms with van der Waals surface area (Å²) in [5.74, 6) is 2.88. The van der Waals surface area contributed by atoms with Crippen molar-refractivity contribution in [3.63, 3.8) is 0 Å². The molecule has 2 saturated heterocycles. The summed E-state index contributed by atoms with van der Waals surface area (Å²) in [6.45, 7) is 2.82. The number of carbonyl (C=O) groups excluding carboxylic acids is 1. The van der Waals surface area contributed by atoms with Gasteiger partial charge in [0.2, 0.25) is 11.8 Å². The first kappa shape index (κ1) is 21.6. The Morgan fingerprint density at radius 2 is 2.03 bits per heavy atom. The maximum absolute atomic E-state index is 12.9. The Kier molecular flexibility index (Phi) is 5.78. The van der Waals surface area contributed by atoms with Gasteiger partial charge < -0.3 is 19.5 Å². The summed E-state index contributed by atoms with van der Waals surface area (Å²) in [6.07, 6.45) is 6.05. The van der Waals surface area contributed by atoms with Gasteiger partial charge in [-0.2, -0.15) is 9.50 Å². The standard InChI is InChI=1S/C23H25N9O3/c33-20(31-9-5-17(14-31)23-26-21(30-35-23)15-6-10-34-11-7-15)13-25-18-3-4-19-27-28-22(32(19)29-18)16-2-1-8-24-12-16/h1-4,8,12,15,17H,5-7,9-11,13-14H2,(H,25,29). The molecule has 0 bridgehead atoms. The molecule has 12 nitrogen and oxygen atoms in total. The molecule has 0 radical (unpaired) electrons. The average molecular weight is 476 g/mol. The predicted molar refractivity (Wildman–Crippen MR) is 124 cm³/mol. The van der Waals surface area contributed by atoms with Crippen LogP contribution in [0.5, 0.6) is 0 Å². The van der Waals surface area contributed by atoms with Crippen LogP contribution in [0.3, 0.4) is 0 Å². The number of hydrogen-bond donors (Lipinski definition) is 1. The molecule has 4 aromatic rings. The Morgan fingerprint density at radius 1 is 1.11 bits per heavy atom. The number of rotatable bonds is 6. The number of fused-ring (bicyclic) bond motifs is 1. The van der Waals surface area contributed by atoms with Gasteiger partial charge in [-0.1, -0.05) is 5.16 Å². The minimum atomic E-state index is -0.00481. The number of amides is 1. The third-order valence-electron chi connectivity index (χ3n) is 6.54. The van der Waals surface area contributed by atoms with Gasteiger partial charge in [0.1, 0.15) is 5.82 Å². The molecule has 1 atom stereocenters. The average Bonchev–Trinajstić information content (AvgIpc) is 3.67. The lowest BCUT2D eigenvalue weighted by molar-refractivity contribution is -0.128. The Morgan fingerprint density at radius 3 is 2.89 bits per heavy atom. The highest BCUT2D eigenvalue weighted by Gasteiger charge is 2.32. The van der Waals surface area contributed by atoms with Gasteiger partial charge in [-0.15, -0.1) is 15.3 Å². The van der Waals surface area contributed by atoms with Crippen molar-refractivity contribution in [3.05, 3.63) is 48.4 Å². The van der Waals surface area contributed by atoms with Gasteiger partial charge in [0.15, 0.2) is 17.3 Å². The van der Waals surface area contributed by atoms with Gasteiger partial charge in [0, 0.05) is 50.2 Å². The number of aromatic nitrogens is 7. The van der Waals surface area contributed by atoms with Crippen LogP contribution in [-0.4, -0.2) is 78.6 Å². The summed E-state index contributed by atoms with van der Waals surface area (Å²) < 4.78 is 12.6. The van der Waals surface area contributed by atoms with Gasteiger partial charge in [0.05, 0.1) is 12.5 Å². The Balaban J connectivity index is 1.07. The molecule has 0 saturated carbocycles. The summed E-state index contributed by atoms with van der Waals surface area (Å²) in [5.41, 5.74) is 1.42. The molecule has 2 aliphatic rings. The Hall–Kier alpha value is -3.93. The first-order chi connectivity index (χ1) is 17.2. The van der Waals surface area contributed by atoms with Crippen LogP contribution in [-0.2, 0) is 9.53 Å². The predicted octanol–water partition coefficient (Wildman–Crippen LogP) is 1.89. The van der Waals surface area contributed by atoms with E-state index in [2.05, 4.69) is 35.7 Å². The lowest BCUT2D eigenvalue weighted by Crippen LogP contribution is -2.33. The molecule has 12 heteroatoms. The van der Waals surface area contributed by atoms with E-state index in [0.717, 1.165) is 43.9 Å². The van der Waals surface area contributed by atoms with Gasteiger partial charge >= 0.3 is 0 Å². The van der Waals surface area contributed by atoms with Crippen molar-refractivity contribution in [2.45, 2.75) is 31.1 Å². The highest BCUT2D eigenvalue weighted by molar-refractivity contribution is 5.81. The number of pyridine rings is 1. The second kappa shape index (κ2) is 9.37. The normalized spacial score (nSPS) is 18.9. The quantitative estimate of drug-likeness (QED) is 0.440. The van der Waals surface area contributed by atoms with E-state index in [1.807, 2.05) is 23.1 Å². The fraction of sp³-hybridized carbons (Fsp3) is 0.435. The van der Waals surface area contributed by atoms with Crippen LogP contribution in [0.15, 0.2) is 41.2 Å². The number of carbonyl (C=O) groups is 1. The molecule has 4 aromatic heterocycles. The van der Waals surface area contributed by atoms with Gasteiger partial charge in [-0.3, -0.25) is 9.78 Å². The van der Waals surface area contributed by atoms with E-state index in [0.29, 0.717) is 42.2 Å². The number of likely N-dealkylation sites (tertiary alicyclic amines) is 1. The summed E-state index contributed by atoms with van der Waals surface area (Å²) >= 11 is 0. The maximum Gasteiger partial charge on any atom is 0.241 e. The highest BCUT2D eigenvalue weighted by Crippen LogP contribution is 2.29. The topological polar surface area (TPSA) is 136 Å². The highest BCUT2D eigenvalue weighted by atomic mass is 16.5. The van der Waals surface area contributed by atoms with E-state index >= 15 is 0 Å². The largest absolute Gasteiger partial charge is 0.381 e. The van der Waals surface area contributed by atoms with Crippen LogP contribution in [0.4, 0.5) is 5.82 Å². The molecule has 1 N–H and O–H groups in total. The molecule has 6 heterocycles. The summed E-state index contributed by atoms with van der Waals surface area (Å²) in [6, 6.07) is 7.33. The van der Waals surface area contributed by atoms with E-state index in [1.165, 1.54) is 0 Å². The van der Waals surface area contributed by atoms with Crippen molar-refractivity contribution in [1.82, 2.24) is 39.8 Å². The minimum absolute atomic E-state index is 0.00481. The Bertz CT molecular complexity index is 1320. The molecule has 0 aromatic carbocycles. The number of nitrogens with one attached hydrogen (secondary N) is 1. The number of ether oxygens (including phenoxy) is 1. The van der Waals surface area contributed by atoms with Crippen molar-refractivity contribution in [2.75, 3.05) is 38.2 Å². The van der Waals surface area contributed by atoms with Gasteiger partial charge in [0.25, 0.3) is 0 Å². The third-order valence-corrected chi connectivity index (χ3v) is 6.54. The number of hydrogen-bond acceptors (Lipinski definition) is 10. The van der Waals surface area contributed by atoms with Crippen LogP contribution in [0.25, 0.3) is 17.0 Å². The molecule has 6 rings (SSSR count). The van der Waals surface area contributed by atoms with Crippen molar-refractivity contribution >= 4 is 17.4 Å². The molecule has 0 spiro atoms. The molecule has 1 unspecified atom stereocenters. The second-order valence-electron chi connectivity index (χ2n) is 8.81. The first-order valence-corrected chi connectivity index (χ1v) is 11.8. The minimum Gasteiger partial charge on any atom is -0.381 e. The molecular formula is C23H25N9O3. The van der Waals surface area contributed by atoms with E-state index in [-0.39, 0.29) is 18.4 Å². The maximum atomic E-state index is 12.9. The summed E-state index contributed by atoms with van der Waals surface area (Å²) in [4.78, 5) is 23.5. The number of anilines is 1. The fourth-order valence-corrected chi connectivity index (χ4v) is 4.56. The van der Waals surface area contributed by atoms with Crippen molar-refractivity contribution < 1.29 is 14.1 Å². The zero-order valence-electron chi connectivity index (χ0n) is 19.1. The van der Waals surface area contributed by atoms with E-state index in [9.17, 15) is 4.79 Å². The smallest absolute Gasteiger partial charge is 0.241 e. The zero-order valence-corrected chi connectivity index (χ0v) is 19.1. The van der Waals surface area contributed by atoms with Gasteiger partial charge in [-0.05, 0) is 43.5 Å². The van der Waals surface area contributed by atoms with E-state index in [4.69, 9.17) is 9.26 Å². The number of nitrogens with zero attached hydrogens (tertiary/aromatic N) is 8. The monoisotopic (exact) mass is 475 g/mol. The van der Waals surface area contributed by atoms with Crippen LogP contribution in [0, 0.1) is 0 Å². The molecule has 0 aliphatic carbocycles. The van der Waals surface area contributed by atoms with Crippen LogP contribution in [0.1, 0.15) is 42.8 Å². The molecule has 2 aliphatic heterocycles. The molecular weight excluding hydrogens is 450 g/mol.